The number of ether oxygens (including phenoxy) is 1. The van der Waals surface area contributed by atoms with E-state index >= 15 is 0 Å². The number of hydrogen-bond donors (Lipinski definition) is 1. The fraction of sp³-hybridized carbons (Fsp3) is 0.917. The van der Waals surface area contributed by atoms with Gasteiger partial charge in [0.1, 0.15) is 0 Å². The predicted molar refractivity (Wildman–Crippen MR) is 64.0 cm³/mol. The predicted octanol–water partition coefficient (Wildman–Crippen LogP) is 0.855. The summed E-state index contributed by atoms with van der Waals surface area (Å²) in [7, 11) is 1.63. The van der Waals surface area contributed by atoms with Gasteiger partial charge in [0.2, 0.25) is 5.91 Å². The van der Waals surface area contributed by atoms with Gasteiger partial charge in [0.15, 0.2) is 0 Å². The van der Waals surface area contributed by atoms with Crippen LogP contribution >= 0.6 is 0 Å². The average molecular weight is 228 g/mol. The van der Waals surface area contributed by atoms with Crippen LogP contribution in [-0.4, -0.2) is 43.7 Å². The Bertz CT molecular complexity index is 223. The molecule has 2 atom stereocenters. The molecule has 1 heterocycles. The number of carbonyl (C=O) groups is 1. The Labute approximate surface area is 98.1 Å². The highest BCUT2D eigenvalue weighted by Gasteiger charge is 2.27. The minimum Gasteiger partial charge on any atom is -0.384 e. The Kier molecular flexibility index (Phi) is 5.22. The topological polar surface area (TPSA) is 55.6 Å². The van der Waals surface area contributed by atoms with E-state index in [0.717, 1.165) is 25.9 Å². The number of methoxy groups -OCH3 is 1. The third kappa shape index (κ3) is 3.46. The van der Waals surface area contributed by atoms with E-state index in [2.05, 4.69) is 6.92 Å². The standard InChI is InChI=1S/C12H24N2O2/c1-9(8-16-3)12(15)14-6-4-11(5-7-14)10(2)13/h9-11H,4-8,13H2,1-3H3. The molecule has 0 saturated carbocycles. The molecule has 1 fully saturated rings. The Morgan fingerprint density at radius 2 is 2.00 bits per heavy atom. The van der Waals surface area contributed by atoms with Crippen molar-refractivity contribution >= 4 is 5.91 Å². The summed E-state index contributed by atoms with van der Waals surface area (Å²) in [5, 5.41) is 0. The molecule has 4 heteroatoms. The maximum Gasteiger partial charge on any atom is 0.227 e. The summed E-state index contributed by atoms with van der Waals surface area (Å²) in [5.74, 6) is 0.753. The Morgan fingerprint density at radius 1 is 1.44 bits per heavy atom. The van der Waals surface area contributed by atoms with Crippen LogP contribution in [0.5, 0.6) is 0 Å². The lowest BCUT2D eigenvalue weighted by atomic mass is 9.90. The van der Waals surface area contributed by atoms with Gasteiger partial charge in [-0.2, -0.15) is 0 Å². The van der Waals surface area contributed by atoms with E-state index in [4.69, 9.17) is 10.5 Å². The molecule has 0 aliphatic carbocycles. The molecule has 1 saturated heterocycles. The lowest BCUT2D eigenvalue weighted by molar-refractivity contribution is -0.138. The molecule has 0 aromatic heterocycles. The molecule has 0 aromatic rings. The van der Waals surface area contributed by atoms with Crippen LogP contribution in [0.25, 0.3) is 0 Å². The minimum absolute atomic E-state index is 0.0307. The number of nitrogens with zero attached hydrogens (tertiary/aromatic N) is 1. The molecule has 4 nitrogen and oxygen atoms in total. The van der Waals surface area contributed by atoms with Gasteiger partial charge in [0, 0.05) is 26.2 Å². The van der Waals surface area contributed by atoms with E-state index < -0.39 is 0 Å². The maximum absolute atomic E-state index is 12.0. The number of carbonyl (C=O) groups excluding carboxylic acids is 1. The zero-order chi connectivity index (χ0) is 12.1. The first-order valence-corrected chi connectivity index (χ1v) is 6.09. The molecule has 0 aromatic carbocycles. The summed E-state index contributed by atoms with van der Waals surface area (Å²) in [6, 6.07) is 0.244. The summed E-state index contributed by atoms with van der Waals surface area (Å²) < 4.78 is 5.01. The fourth-order valence-electron chi connectivity index (χ4n) is 2.28. The molecular formula is C12H24N2O2. The van der Waals surface area contributed by atoms with Crippen LogP contribution in [0, 0.1) is 11.8 Å². The number of nitrogens with two attached hydrogens (primary N) is 1. The van der Waals surface area contributed by atoms with Crippen molar-refractivity contribution in [2.45, 2.75) is 32.7 Å². The van der Waals surface area contributed by atoms with Gasteiger partial charge in [-0.25, -0.2) is 0 Å². The second kappa shape index (κ2) is 6.21. The van der Waals surface area contributed by atoms with Crippen molar-refractivity contribution in [1.82, 2.24) is 4.90 Å². The van der Waals surface area contributed by atoms with E-state index in [1.165, 1.54) is 0 Å². The summed E-state index contributed by atoms with van der Waals surface area (Å²) in [5.41, 5.74) is 5.87. The van der Waals surface area contributed by atoms with Crippen LogP contribution in [0.1, 0.15) is 26.7 Å². The van der Waals surface area contributed by atoms with Gasteiger partial charge >= 0.3 is 0 Å². The van der Waals surface area contributed by atoms with Gasteiger partial charge in [-0.05, 0) is 25.7 Å². The first-order chi connectivity index (χ1) is 7.56. The number of likely N-dealkylation sites (tertiary alicyclic amines) is 1. The third-order valence-corrected chi connectivity index (χ3v) is 3.43. The summed E-state index contributed by atoms with van der Waals surface area (Å²) in [6.45, 7) is 6.17. The molecule has 2 N–H and O–H groups in total. The normalized spacial score (nSPS) is 21.9. The zero-order valence-electron chi connectivity index (χ0n) is 10.6. The van der Waals surface area contributed by atoms with Gasteiger partial charge in [0.25, 0.3) is 0 Å². The third-order valence-electron chi connectivity index (χ3n) is 3.43. The highest BCUT2D eigenvalue weighted by molar-refractivity contribution is 5.78. The lowest BCUT2D eigenvalue weighted by Gasteiger charge is -2.35. The second-order valence-electron chi connectivity index (χ2n) is 4.88. The molecular weight excluding hydrogens is 204 g/mol. The molecule has 1 aliphatic heterocycles. The Morgan fingerprint density at radius 3 is 2.44 bits per heavy atom. The van der Waals surface area contributed by atoms with Gasteiger partial charge in [0.05, 0.1) is 12.5 Å². The van der Waals surface area contributed by atoms with Gasteiger partial charge < -0.3 is 15.4 Å². The molecule has 94 valence electrons. The number of amides is 1. The highest BCUT2D eigenvalue weighted by Crippen LogP contribution is 2.20. The number of hydrogen-bond acceptors (Lipinski definition) is 3. The fourth-order valence-corrected chi connectivity index (χ4v) is 2.28. The smallest absolute Gasteiger partial charge is 0.227 e. The van der Waals surface area contributed by atoms with E-state index in [1.54, 1.807) is 7.11 Å². The summed E-state index contributed by atoms with van der Waals surface area (Å²) >= 11 is 0. The Balaban J connectivity index is 2.38. The van der Waals surface area contributed by atoms with Crippen molar-refractivity contribution in [3.8, 4) is 0 Å². The molecule has 1 amide bonds. The molecule has 1 rings (SSSR count). The molecule has 0 bridgehead atoms. The van der Waals surface area contributed by atoms with Gasteiger partial charge in [-0.1, -0.05) is 6.92 Å². The van der Waals surface area contributed by atoms with E-state index in [0.29, 0.717) is 12.5 Å². The van der Waals surface area contributed by atoms with Gasteiger partial charge in [-0.15, -0.1) is 0 Å². The zero-order valence-corrected chi connectivity index (χ0v) is 10.6. The molecule has 0 spiro atoms. The van der Waals surface area contributed by atoms with E-state index in [1.807, 2.05) is 11.8 Å². The van der Waals surface area contributed by atoms with Crippen LogP contribution < -0.4 is 5.73 Å². The van der Waals surface area contributed by atoms with Crippen molar-refractivity contribution in [2.24, 2.45) is 17.6 Å². The first-order valence-electron chi connectivity index (χ1n) is 6.09. The number of rotatable bonds is 4. The van der Waals surface area contributed by atoms with Crippen molar-refractivity contribution in [1.29, 1.82) is 0 Å². The molecule has 0 radical (unpaired) electrons. The first kappa shape index (κ1) is 13.5. The molecule has 16 heavy (non-hydrogen) atoms. The van der Waals surface area contributed by atoms with E-state index in [9.17, 15) is 4.79 Å². The van der Waals surface area contributed by atoms with Crippen molar-refractivity contribution in [2.75, 3.05) is 26.8 Å². The second-order valence-corrected chi connectivity index (χ2v) is 4.88. The summed E-state index contributed by atoms with van der Waals surface area (Å²) in [4.78, 5) is 13.9. The van der Waals surface area contributed by atoms with Crippen molar-refractivity contribution < 1.29 is 9.53 Å². The number of piperidine rings is 1. The maximum atomic E-state index is 12.0. The van der Waals surface area contributed by atoms with Crippen LogP contribution in [-0.2, 0) is 9.53 Å². The SMILES string of the molecule is COCC(C)C(=O)N1CCC(C(C)N)CC1. The minimum atomic E-state index is -0.0307. The summed E-state index contributed by atoms with van der Waals surface area (Å²) in [6.07, 6.45) is 2.06. The van der Waals surface area contributed by atoms with E-state index in [-0.39, 0.29) is 17.9 Å². The van der Waals surface area contributed by atoms with Crippen LogP contribution in [0.4, 0.5) is 0 Å². The van der Waals surface area contributed by atoms with Crippen molar-refractivity contribution in [3.05, 3.63) is 0 Å². The average Bonchev–Trinajstić information content (AvgIpc) is 2.28. The molecule has 1 aliphatic rings. The van der Waals surface area contributed by atoms with Crippen LogP contribution in [0.15, 0.2) is 0 Å². The lowest BCUT2D eigenvalue weighted by Crippen LogP contribution is -2.45. The van der Waals surface area contributed by atoms with Crippen LogP contribution in [0.2, 0.25) is 0 Å². The Hall–Kier alpha value is -0.610. The monoisotopic (exact) mass is 228 g/mol. The molecule has 2 unspecified atom stereocenters. The largest absolute Gasteiger partial charge is 0.384 e. The van der Waals surface area contributed by atoms with Gasteiger partial charge in [-0.3, -0.25) is 4.79 Å². The van der Waals surface area contributed by atoms with Crippen molar-refractivity contribution in [3.63, 3.8) is 0 Å². The van der Waals surface area contributed by atoms with Crippen LogP contribution in [0.3, 0.4) is 0 Å². The quantitative estimate of drug-likeness (QED) is 0.776. The highest BCUT2D eigenvalue weighted by atomic mass is 16.5.